The fourth-order valence-corrected chi connectivity index (χ4v) is 9.63. The van der Waals surface area contributed by atoms with Crippen molar-refractivity contribution < 1.29 is 0 Å². The van der Waals surface area contributed by atoms with Crippen molar-refractivity contribution in [1.82, 2.24) is 34.1 Å². The summed E-state index contributed by atoms with van der Waals surface area (Å²) in [5, 5.41) is 4.46. The number of fused-ring (bicyclic) bond motifs is 7. The van der Waals surface area contributed by atoms with E-state index in [1.165, 1.54) is 0 Å². The van der Waals surface area contributed by atoms with Gasteiger partial charge in [-0.05, 0) is 47.5 Å². The largest absolute Gasteiger partial charge is 0.307 e. The van der Waals surface area contributed by atoms with E-state index in [0.717, 1.165) is 99.6 Å². The van der Waals surface area contributed by atoms with Crippen LogP contribution in [0, 0.1) is 0 Å². The van der Waals surface area contributed by atoms with Gasteiger partial charge in [-0.25, -0.2) is 15.0 Å². The van der Waals surface area contributed by atoms with Crippen LogP contribution in [-0.4, -0.2) is 34.1 Å². The molecule has 0 unspecified atom stereocenters. The van der Waals surface area contributed by atoms with Gasteiger partial charge in [0.05, 0.1) is 33.5 Å². The number of nitrogens with zero attached hydrogens (tertiary/aromatic N) is 7. The highest BCUT2D eigenvalue weighted by molar-refractivity contribution is 6.23. The van der Waals surface area contributed by atoms with E-state index in [0.29, 0.717) is 23.4 Å². The number of hydrogen-bond donors (Lipinski definition) is 0. The Morgan fingerprint density at radius 3 is 1.31 bits per heavy atom. The Morgan fingerprint density at radius 2 is 0.691 bits per heavy atom. The van der Waals surface area contributed by atoms with E-state index in [4.69, 9.17) is 24.9 Å². The molecular weight excluding hydrogens is 831 g/mol. The predicted molar refractivity (Wildman–Crippen MR) is 277 cm³/mol. The molecule has 9 aromatic carbocycles. The van der Waals surface area contributed by atoms with E-state index >= 15 is 0 Å². The molecule has 7 nitrogen and oxygen atoms in total. The molecule has 0 atom stereocenters. The van der Waals surface area contributed by atoms with E-state index < -0.39 is 0 Å². The summed E-state index contributed by atoms with van der Waals surface area (Å²) in [6.07, 6.45) is 0. The quantitative estimate of drug-likeness (QED) is 0.152. The van der Waals surface area contributed by atoms with Crippen LogP contribution in [-0.2, 0) is 0 Å². The van der Waals surface area contributed by atoms with Crippen LogP contribution in [0.5, 0.6) is 0 Å². The van der Waals surface area contributed by atoms with Crippen LogP contribution < -0.4 is 0 Å². The Balaban J connectivity index is 1.06. The summed E-state index contributed by atoms with van der Waals surface area (Å²) in [4.78, 5) is 26.3. The molecule has 0 aliphatic heterocycles. The Labute approximate surface area is 392 Å². The number of rotatable bonds is 8. The van der Waals surface area contributed by atoms with E-state index in [2.05, 4.69) is 173 Å². The van der Waals surface area contributed by atoms with E-state index in [-0.39, 0.29) is 0 Å². The maximum Gasteiger partial charge on any atom is 0.238 e. The van der Waals surface area contributed by atoms with Crippen LogP contribution in [0.4, 0.5) is 0 Å². The molecule has 0 aliphatic carbocycles. The Bertz CT molecular complexity index is 3950. The van der Waals surface area contributed by atoms with Crippen molar-refractivity contribution in [2.24, 2.45) is 0 Å². The normalized spacial score (nSPS) is 11.5. The molecule has 0 amide bonds. The molecular formula is C61H39N7. The molecule has 0 N–H and O–H groups in total. The van der Waals surface area contributed by atoms with Crippen molar-refractivity contribution in [1.29, 1.82) is 0 Å². The summed E-state index contributed by atoms with van der Waals surface area (Å²) in [6, 6.07) is 82.1. The first kappa shape index (κ1) is 39.1. The molecule has 0 spiro atoms. The highest BCUT2D eigenvalue weighted by Gasteiger charge is 2.24. The highest BCUT2D eigenvalue weighted by Crippen LogP contribution is 2.42. The van der Waals surface area contributed by atoms with Crippen LogP contribution in [0.15, 0.2) is 237 Å². The van der Waals surface area contributed by atoms with Crippen molar-refractivity contribution in [2.45, 2.75) is 0 Å². The lowest BCUT2D eigenvalue weighted by Crippen LogP contribution is -2.07. The second kappa shape index (κ2) is 16.3. The van der Waals surface area contributed by atoms with Gasteiger partial charge in [-0.2, -0.15) is 9.97 Å². The van der Waals surface area contributed by atoms with Crippen LogP contribution in [0.25, 0.3) is 123 Å². The summed E-state index contributed by atoms with van der Waals surface area (Å²) in [5.74, 6) is 2.38. The zero-order valence-electron chi connectivity index (χ0n) is 36.6. The lowest BCUT2D eigenvalue weighted by atomic mass is 10.0. The summed E-state index contributed by atoms with van der Waals surface area (Å²) in [7, 11) is 0. The third-order valence-electron chi connectivity index (χ3n) is 12.8. The zero-order chi connectivity index (χ0) is 45.0. The van der Waals surface area contributed by atoms with Gasteiger partial charge in [-0.3, -0.25) is 4.57 Å². The fourth-order valence-electron chi connectivity index (χ4n) is 9.63. The minimum absolute atomic E-state index is 0.539. The first-order chi connectivity index (χ1) is 33.7. The van der Waals surface area contributed by atoms with Crippen molar-refractivity contribution in [3.63, 3.8) is 0 Å². The lowest BCUT2D eigenvalue weighted by molar-refractivity contribution is 0.953. The Hall–Kier alpha value is -9.33. The SMILES string of the molecule is c1ccc(-c2cccc(-c3cc(-c4ccccc4)nc(-c4cccc(-n5c6ccccc6c6ccc7c8ccccc8n(-c8nc(-c9ccccc9)nc(-c9ccccc9)n8)c7c65)c4)n3)c2)cc1. The maximum atomic E-state index is 5.33. The first-order valence-corrected chi connectivity index (χ1v) is 22.8. The van der Waals surface area contributed by atoms with Gasteiger partial charge in [0, 0.05) is 55.0 Å². The molecule has 0 saturated carbocycles. The van der Waals surface area contributed by atoms with Crippen molar-refractivity contribution in [3.8, 4) is 79.4 Å². The van der Waals surface area contributed by atoms with E-state index in [1.807, 2.05) is 72.8 Å². The molecule has 0 bridgehead atoms. The first-order valence-electron chi connectivity index (χ1n) is 22.8. The van der Waals surface area contributed by atoms with E-state index in [1.54, 1.807) is 0 Å². The van der Waals surface area contributed by atoms with Gasteiger partial charge in [0.15, 0.2) is 17.5 Å². The summed E-state index contributed by atoms with van der Waals surface area (Å²) in [5.41, 5.74) is 13.8. The molecule has 68 heavy (non-hydrogen) atoms. The van der Waals surface area contributed by atoms with Gasteiger partial charge in [0.1, 0.15) is 0 Å². The van der Waals surface area contributed by atoms with Gasteiger partial charge >= 0.3 is 0 Å². The molecule has 4 heterocycles. The van der Waals surface area contributed by atoms with Gasteiger partial charge in [0.25, 0.3) is 0 Å². The Morgan fingerprint density at radius 1 is 0.250 bits per heavy atom. The van der Waals surface area contributed by atoms with Gasteiger partial charge in [0.2, 0.25) is 5.95 Å². The third kappa shape index (κ3) is 6.72. The maximum absolute atomic E-state index is 5.33. The molecule has 13 rings (SSSR count). The number of para-hydroxylation sites is 2. The van der Waals surface area contributed by atoms with Crippen LogP contribution in [0.3, 0.4) is 0 Å². The van der Waals surface area contributed by atoms with Gasteiger partial charge in [-0.15, -0.1) is 0 Å². The Kier molecular flexibility index (Phi) is 9.35. The fraction of sp³-hybridized carbons (Fsp3) is 0. The molecule has 318 valence electrons. The van der Waals surface area contributed by atoms with Crippen LogP contribution >= 0.6 is 0 Å². The molecule has 0 fully saturated rings. The molecule has 7 heteroatoms. The molecule has 0 radical (unpaired) electrons. The monoisotopic (exact) mass is 869 g/mol. The van der Waals surface area contributed by atoms with Crippen molar-refractivity contribution in [2.75, 3.05) is 0 Å². The van der Waals surface area contributed by atoms with Crippen LogP contribution in [0.1, 0.15) is 0 Å². The topological polar surface area (TPSA) is 74.3 Å². The summed E-state index contributed by atoms with van der Waals surface area (Å²) >= 11 is 0. The third-order valence-corrected chi connectivity index (χ3v) is 12.8. The van der Waals surface area contributed by atoms with E-state index in [9.17, 15) is 0 Å². The minimum Gasteiger partial charge on any atom is -0.307 e. The van der Waals surface area contributed by atoms with Crippen LogP contribution in [0.2, 0.25) is 0 Å². The molecule has 4 aromatic heterocycles. The number of aromatic nitrogens is 7. The smallest absolute Gasteiger partial charge is 0.238 e. The molecule has 0 saturated heterocycles. The zero-order valence-corrected chi connectivity index (χ0v) is 36.6. The molecule has 13 aromatic rings. The average molecular weight is 870 g/mol. The van der Waals surface area contributed by atoms with Crippen molar-refractivity contribution in [3.05, 3.63) is 237 Å². The average Bonchev–Trinajstić information content (AvgIpc) is 3.95. The second-order valence-corrected chi connectivity index (χ2v) is 16.9. The summed E-state index contributed by atoms with van der Waals surface area (Å²) in [6.45, 7) is 0. The second-order valence-electron chi connectivity index (χ2n) is 16.9. The van der Waals surface area contributed by atoms with Gasteiger partial charge in [-0.1, -0.05) is 200 Å². The lowest BCUT2D eigenvalue weighted by Gasteiger charge is -2.14. The van der Waals surface area contributed by atoms with Crippen molar-refractivity contribution >= 4 is 43.6 Å². The molecule has 0 aliphatic rings. The summed E-state index contributed by atoms with van der Waals surface area (Å²) < 4.78 is 4.61. The number of hydrogen-bond acceptors (Lipinski definition) is 5. The predicted octanol–water partition coefficient (Wildman–Crippen LogP) is 14.9. The highest BCUT2D eigenvalue weighted by atomic mass is 15.2. The number of benzene rings is 9. The minimum atomic E-state index is 0.539. The van der Waals surface area contributed by atoms with Gasteiger partial charge < -0.3 is 4.57 Å². The standard InChI is InChI=1S/C61H39N7/c1-5-19-40(20-6-1)44-27-17-28-45(37-44)53-39-52(41-21-7-2-8-22-41)62-60(63-53)46-29-18-30-47(38-46)67-54-33-15-13-31-48(54)50-35-36-51-49-32-14-16-34-55(49)68(57(51)56(50)67)61-65-58(42-23-9-3-10-24-42)64-59(66-61)43-25-11-4-12-26-43/h1-39H.